The summed E-state index contributed by atoms with van der Waals surface area (Å²) in [7, 11) is -9.21. The molecule has 0 aliphatic rings. The van der Waals surface area contributed by atoms with Crippen molar-refractivity contribution in [3.63, 3.8) is 0 Å². The van der Waals surface area contributed by atoms with Gasteiger partial charge in [0.2, 0.25) is 22.3 Å². The van der Waals surface area contributed by atoms with Crippen molar-refractivity contribution in [2.45, 2.75) is 22.1 Å². The van der Waals surface area contributed by atoms with E-state index in [1.165, 1.54) is 54.6 Å². The van der Waals surface area contributed by atoms with Crippen LogP contribution in [0, 0.1) is 6.08 Å². The molecule has 6 rings (SSSR count). The number of aromatic nitrogens is 3. The maximum Gasteiger partial charge on any atom is 1.00 e. The van der Waals surface area contributed by atoms with Crippen molar-refractivity contribution in [3.8, 4) is 5.75 Å². The van der Waals surface area contributed by atoms with Crippen LogP contribution in [0.1, 0.15) is 17.8 Å². The Bertz CT molecular complexity index is 2850. The Morgan fingerprint density at radius 2 is 1.42 bits per heavy atom. The molecule has 0 unspecified atom stereocenters. The van der Waals surface area contributed by atoms with Crippen LogP contribution < -0.4 is 115 Å². The molecule has 0 radical (unpaired) electrons. The quantitative estimate of drug-likeness (QED) is 0.0116. The minimum atomic E-state index is -5.10. The van der Waals surface area contributed by atoms with Gasteiger partial charge in [0.15, 0.2) is 15.6 Å². The number of hydrogen-bond acceptors (Lipinski definition) is 23. The van der Waals surface area contributed by atoms with Crippen LogP contribution in [0.15, 0.2) is 122 Å². The fourth-order valence-electron chi connectivity index (χ4n) is 5.18. The Balaban J connectivity index is 0.00000363. The van der Waals surface area contributed by atoms with Crippen LogP contribution in [0.25, 0.3) is 10.8 Å². The number of hydrogen-bond donors (Lipinski definition) is 4. The molecule has 6 aromatic rings. The zero-order valence-corrected chi connectivity index (χ0v) is 42.4. The number of carbonyl (C=O) groups is 1. The second kappa shape index (κ2) is 27.1. The number of benzene rings is 5. The SMILES string of the molecule is C.O=C(Nc1cccc(S(=O)(=O)CCOS(=O)(=O)[O-])c1)c1cccc(N=Nc2c(SOO[O-])cc3ccc(Nc4nc(F)nc(Nc5cccc(SOO[O-])c5)n4)cc3c2O)c1.[Na+].[Na+].[Na+]. The van der Waals surface area contributed by atoms with Gasteiger partial charge in [-0.25, -0.2) is 16.8 Å². The van der Waals surface area contributed by atoms with Crippen molar-refractivity contribution in [2.75, 3.05) is 28.3 Å². The molecule has 1 heterocycles. The van der Waals surface area contributed by atoms with E-state index in [1.807, 2.05) is 0 Å². The van der Waals surface area contributed by atoms with E-state index < -0.39 is 50.3 Å². The molecule has 5 aromatic carbocycles. The van der Waals surface area contributed by atoms with Crippen molar-refractivity contribution in [2.24, 2.45) is 10.2 Å². The first-order valence-electron chi connectivity index (χ1n) is 16.6. The average molecular weight is 1000 g/mol. The normalized spacial score (nSPS) is 11.1. The van der Waals surface area contributed by atoms with Crippen molar-refractivity contribution >= 4 is 101 Å². The van der Waals surface area contributed by atoms with Crippen LogP contribution in [0.5, 0.6) is 5.75 Å². The van der Waals surface area contributed by atoms with Crippen LogP contribution in [0.2, 0.25) is 0 Å². The molecule has 30 heteroatoms. The van der Waals surface area contributed by atoms with Crippen LogP contribution in [0.4, 0.5) is 44.7 Å². The zero-order valence-electron chi connectivity index (χ0n) is 33.2. The number of fused-ring (bicyclic) bond motifs is 1. The number of aromatic hydroxyl groups is 1. The minimum Gasteiger partial charge on any atom is -0.726 e. The molecule has 0 saturated carbocycles. The number of nitrogens with one attached hydrogen (secondary N) is 3. The van der Waals surface area contributed by atoms with Crippen molar-refractivity contribution in [1.82, 2.24) is 15.0 Å². The molecule has 1 amide bonds. The largest absolute Gasteiger partial charge is 1.00 e. The molecular weight excluding hydrogens is 973 g/mol. The molecule has 1 aromatic heterocycles. The van der Waals surface area contributed by atoms with E-state index in [4.69, 9.17) is 0 Å². The standard InChI is InChI=1S/C34H27FN8O14S4.CH4.3Na/c35-32-39-33(37-21-5-2-8-25(16-21)58-56-54-46)41-34(40-32)38-23-11-10-19-15-28(59-57-55-47)29(30(44)27(19)18-23)43-42-24-7-1-4-20(14-24)31(45)36-22-6-3-9-26(17-22)60(48,49)13-12-53-61(50,51)52;;;;/h1-11,14-18,44,46-47H,12-13H2,(H,36,45)(H,50,51,52)(H2,37,38,39,40,41);1H4;;;/q;;3*+1/p-3. The molecule has 22 nitrogen and oxygen atoms in total. The van der Waals surface area contributed by atoms with E-state index in [0.717, 1.165) is 6.07 Å². The molecule has 0 atom stereocenters. The third kappa shape index (κ3) is 17.3. The first-order valence-corrected chi connectivity index (χ1v) is 21.0. The van der Waals surface area contributed by atoms with Gasteiger partial charge in [-0.15, -0.1) is 5.11 Å². The molecule has 0 saturated heterocycles. The van der Waals surface area contributed by atoms with Crippen LogP contribution in [-0.4, -0.2) is 59.7 Å². The monoisotopic (exact) mass is 1000 g/mol. The van der Waals surface area contributed by atoms with Crippen LogP contribution in [0.3, 0.4) is 0 Å². The number of halogens is 1. The van der Waals surface area contributed by atoms with Gasteiger partial charge in [0.1, 0.15) is 5.69 Å². The Labute approximate surface area is 444 Å². The summed E-state index contributed by atoms with van der Waals surface area (Å²) in [6.07, 6.45) is -1.13. The van der Waals surface area contributed by atoms with E-state index in [1.54, 1.807) is 36.4 Å². The molecule has 4 N–H and O–H groups in total. The van der Waals surface area contributed by atoms with Crippen molar-refractivity contribution in [1.29, 1.82) is 0 Å². The molecule has 0 aliphatic carbocycles. The first kappa shape index (κ1) is 58.2. The van der Waals surface area contributed by atoms with E-state index >= 15 is 0 Å². The van der Waals surface area contributed by atoms with Crippen LogP contribution in [-0.2, 0) is 43.2 Å². The number of nitrogens with zero attached hydrogens (tertiary/aromatic N) is 5. The fourth-order valence-corrected chi connectivity index (χ4v) is 7.61. The molecule has 65 heavy (non-hydrogen) atoms. The summed E-state index contributed by atoms with van der Waals surface area (Å²) < 4.78 is 84.6. The molecule has 0 aliphatic heterocycles. The summed E-state index contributed by atoms with van der Waals surface area (Å²) in [5.41, 5.74) is 0.721. The summed E-state index contributed by atoms with van der Waals surface area (Å²) in [4.78, 5) is 24.9. The Morgan fingerprint density at radius 1 is 0.769 bits per heavy atom. The molecular formula is C35H28FN8Na3O14S4. The zero-order chi connectivity index (χ0) is 43.6. The van der Waals surface area contributed by atoms with Gasteiger partial charge in [0, 0.05) is 32.9 Å². The second-order valence-electron chi connectivity index (χ2n) is 11.8. The summed E-state index contributed by atoms with van der Waals surface area (Å²) in [5.74, 6) is -2.36. The fraction of sp³-hybridized carbons (Fsp3) is 0.0857. The van der Waals surface area contributed by atoms with Gasteiger partial charge < -0.3 is 36.1 Å². The number of anilines is 5. The van der Waals surface area contributed by atoms with Gasteiger partial charge in [-0.3, -0.25) is 19.1 Å². The van der Waals surface area contributed by atoms with E-state index in [-0.39, 0.29) is 151 Å². The van der Waals surface area contributed by atoms with Crippen molar-refractivity contribution in [3.05, 3.63) is 109 Å². The topological polar surface area (TPSA) is 320 Å². The van der Waals surface area contributed by atoms with Gasteiger partial charge in [-0.05, 0) is 78.2 Å². The number of phenolic OH excluding ortho intramolecular Hbond substituents is 1. The average Bonchev–Trinajstić information content (AvgIpc) is 3.21. The minimum absolute atomic E-state index is 0. The van der Waals surface area contributed by atoms with Gasteiger partial charge in [0.05, 0.1) is 51.9 Å². The number of carbonyl (C=O) groups excluding carboxylic acids is 1. The van der Waals surface area contributed by atoms with E-state index in [9.17, 15) is 46.2 Å². The maximum absolute atomic E-state index is 14.5. The molecule has 0 spiro atoms. The summed E-state index contributed by atoms with van der Waals surface area (Å²) in [5, 5.41) is 56.2. The smallest absolute Gasteiger partial charge is 0.726 e. The first-order chi connectivity index (χ1) is 29.2. The van der Waals surface area contributed by atoms with Gasteiger partial charge >= 0.3 is 94.8 Å². The van der Waals surface area contributed by atoms with E-state index in [0.29, 0.717) is 40.1 Å². The maximum atomic E-state index is 14.5. The number of amides is 1. The van der Waals surface area contributed by atoms with Gasteiger partial charge in [0.25, 0.3) is 5.91 Å². The number of sulfone groups is 1. The third-order valence-corrected chi connectivity index (χ3v) is 11.0. The molecule has 0 bridgehead atoms. The predicted molar refractivity (Wildman–Crippen MR) is 214 cm³/mol. The summed E-state index contributed by atoms with van der Waals surface area (Å²) in [6, 6.07) is 23.3. The Morgan fingerprint density at radius 3 is 2.11 bits per heavy atom. The van der Waals surface area contributed by atoms with Gasteiger partial charge in [-0.1, -0.05) is 31.7 Å². The Kier molecular flexibility index (Phi) is 24.3. The van der Waals surface area contributed by atoms with E-state index in [2.05, 4.69) is 64.1 Å². The number of rotatable bonds is 19. The molecule has 0 fully saturated rings. The number of azo groups is 1. The Hall–Kier alpha value is -2.95. The summed E-state index contributed by atoms with van der Waals surface area (Å²) in [6.45, 7) is -0.900. The summed E-state index contributed by atoms with van der Waals surface area (Å²) >= 11 is 1.06. The second-order valence-corrected chi connectivity index (χ2v) is 16.4. The number of phenols is 1. The third-order valence-electron chi connectivity index (χ3n) is 7.72. The van der Waals surface area contributed by atoms with Crippen LogP contribution >= 0.6 is 24.1 Å². The van der Waals surface area contributed by atoms with Gasteiger partial charge in [-0.2, -0.15) is 33.1 Å². The molecule has 326 valence electrons. The van der Waals surface area contributed by atoms with Crippen molar-refractivity contribution < 1.29 is 158 Å². The predicted octanol–water partition coefficient (Wildman–Crippen LogP) is -3.62.